The van der Waals surface area contributed by atoms with E-state index in [1.165, 1.54) is 32.1 Å². The van der Waals surface area contributed by atoms with Crippen LogP contribution in [0, 0.1) is 5.92 Å². The highest BCUT2D eigenvalue weighted by molar-refractivity contribution is 5.41. The first-order chi connectivity index (χ1) is 8.40. The fourth-order valence-corrected chi connectivity index (χ4v) is 2.37. The highest BCUT2D eigenvalue weighted by Gasteiger charge is 2.13. The Hall–Kier alpha value is -1.13. The number of anilines is 1. The Kier molecular flexibility index (Phi) is 4.76. The van der Waals surface area contributed by atoms with Gasteiger partial charge in [0.25, 0.3) is 0 Å². The molecule has 1 fully saturated rings. The summed E-state index contributed by atoms with van der Waals surface area (Å²) in [7, 11) is 0. The predicted octanol–water partition coefficient (Wildman–Crippen LogP) is 2.46. The van der Waals surface area contributed by atoms with Crippen LogP contribution >= 0.6 is 0 Å². The first-order valence-corrected chi connectivity index (χ1v) is 6.38. The molecule has 0 atom stereocenters. The molecule has 2 rings (SSSR count). The van der Waals surface area contributed by atoms with Gasteiger partial charge in [-0.1, -0.05) is 25.3 Å². The third kappa shape index (κ3) is 3.68. The molecule has 0 aromatic carbocycles. The summed E-state index contributed by atoms with van der Waals surface area (Å²) in [6, 6.07) is 3.89. The second-order valence-electron chi connectivity index (χ2n) is 4.67. The van der Waals surface area contributed by atoms with Crippen LogP contribution in [-0.2, 0) is 11.3 Å². The number of hydrazine groups is 1. The largest absolute Gasteiger partial charge is 0.376 e. The Morgan fingerprint density at radius 1 is 1.35 bits per heavy atom. The van der Waals surface area contributed by atoms with Gasteiger partial charge in [0.2, 0.25) is 0 Å². The standard InChI is InChI=1S/C13H21N3O/c14-16-13-12(7-4-8-15-13)10-17-9-11-5-2-1-3-6-11/h4,7-8,11H,1-3,5-6,9-10,14H2,(H,15,16). The number of nitrogens with one attached hydrogen (secondary N) is 1. The third-order valence-electron chi connectivity index (χ3n) is 3.36. The molecular weight excluding hydrogens is 214 g/mol. The maximum atomic E-state index is 5.77. The summed E-state index contributed by atoms with van der Waals surface area (Å²) in [6.07, 6.45) is 8.46. The van der Waals surface area contributed by atoms with Crippen LogP contribution in [0.4, 0.5) is 5.82 Å². The van der Waals surface area contributed by atoms with Crippen molar-refractivity contribution >= 4 is 5.82 Å². The van der Waals surface area contributed by atoms with Gasteiger partial charge in [-0.05, 0) is 24.8 Å². The summed E-state index contributed by atoms with van der Waals surface area (Å²) < 4.78 is 5.77. The van der Waals surface area contributed by atoms with Crippen LogP contribution in [0.2, 0.25) is 0 Å². The van der Waals surface area contributed by atoms with Crippen molar-refractivity contribution in [2.75, 3.05) is 12.0 Å². The second kappa shape index (κ2) is 6.57. The van der Waals surface area contributed by atoms with Crippen molar-refractivity contribution in [3.8, 4) is 0 Å². The molecule has 0 bridgehead atoms. The van der Waals surface area contributed by atoms with E-state index >= 15 is 0 Å². The summed E-state index contributed by atoms with van der Waals surface area (Å²) in [4.78, 5) is 4.15. The molecule has 0 saturated heterocycles. The lowest BCUT2D eigenvalue weighted by molar-refractivity contribution is 0.0741. The van der Waals surface area contributed by atoms with Crippen molar-refractivity contribution < 1.29 is 4.74 Å². The molecule has 1 aromatic heterocycles. The monoisotopic (exact) mass is 235 g/mol. The van der Waals surface area contributed by atoms with Crippen LogP contribution in [0.3, 0.4) is 0 Å². The second-order valence-corrected chi connectivity index (χ2v) is 4.67. The minimum atomic E-state index is 0.587. The van der Waals surface area contributed by atoms with Gasteiger partial charge in [-0.2, -0.15) is 0 Å². The van der Waals surface area contributed by atoms with Crippen molar-refractivity contribution in [2.24, 2.45) is 11.8 Å². The van der Waals surface area contributed by atoms with Gasteiger partial charge in [-0.25, -0.2) is 10.8 Å². The van der Waals surface area contributed by atoms with Crippen LogP contribution in [0.5, 0.6) is 0 Å². The molecule has 1 aliphatic rings. The number of nitrogens with two attached hydrogens (primary N) is 1. The molecular formula is C13H21N3O. The Labute approximate surface area is 103 Å². The van der Waals surface area contributed by atoms with E-state index in [9.17, 15) is 0 Å². The quantitative estimate of drug-likeness (QED) is 0.608. The Bertz CT molecular complexity index is 337. The molecule has 0 radical (unpaired) electrons. The Balaban J connectivity index is 1.77. The van der Waals surface area contributed by atoms with Gasteiger partial charge in [-0.3, -0.25) is 0 Å². The summed E-state index contributed by atoms with van der Waals surface area (Å²) >= 11 is 0. The zero-order valence-corrected chi connectivity index (χ0v) is 10.2. The Morgan fingerprint density at radius 3 is 2.94 bits per heavy atom. The number of hydrogen-bond donors (Lipinski definition) is 2. The maximum absolute atomic E-state index is 5.77. The summed E-state index contributed by atoms with van der Waals surface area (Å²) in [5.74, 6) is 6.85. The maximum Gasteiger partial charge on any atom is 0.145 e. The summed E-state index contributed by atoms with van der Waals surface area (Å²) in [5.41, 5.74) is 3.61. The molecule has 1 aliphatic carbocycles. The number of aromatic nitrogens is 1. The molecule has 94 valence electrons. The molecule has 0 aliphatic heterocycles. The van der Waals surface area contributed by atoms with E-state index in [2.05, 4.69) is 10.4 Å². The predicted molar refractivity (Wildman–Crippen MR) is 68.3 cm³/mol. The first-order valence-electron chi connectivity index (χ1n) is 6.38. The fourth-order valence-electron chi connectivity index (χ4n) is 2.37. The number of nitrogens with zero attached hydrogens (tertiary/aromatic N) is 1. The Morgan fingerprint density at radius 2 is 2.18 bits per heavy atom. The van der Waals surface area contributed by atoms with Gasteiger partial charge in [0.1, 0.15) is 5.82 Å². The van der Waals surface area contributed by atoms with E-state index in [1.807, 2.05) is 12.1 Å². The van der Waals surface area contributed by atoms with Gasteiger partial charge >= 0.3 is 0 Å². The van der Waals surface area contributed by atoms with E-state index in [1.54, 1.807) is 6.20 Å². The minimum Gasteiger partial charge on any atom is -0.376 e. The van der Waals surface area contributed by atoms with E-state index in [0.717, 1.165) is 18.1 Å². The number of nitrogen functional groups attached to an aromatic ring is 1. The van der Waals surface area contributed by atoms with Crippen LogP contribution < -0.4 is 11.3 Å². The van der Waals surface area contributed by atoms with E-state index in [0.29, 0.717) is 12.4 Å². The van der Waals surface area contributed by atoms with Gasteiger partial charge in [0.15, 0.2) is 0 Å². The number of ether oxygens (including phenoxy) is 1. The molecule has 0 amide bonds. The van der Waals surface area contributed by atoms with E-state index in [-0.39, 0.29) is 0 Å². The summed E-state index contributed by atoms with van der Waals surface area (Å²) in [6.45, 7) is 1.45. The lowest BCUT2D eigenvalue weighted by Crippen LogP contribution is -2.15. The number of pyridine rings is 1. The SMILES string of the molecule is NNc1ncccc1COCC1CCCCC1. The van der Waals surface area contributed by atoms with Crippen LogP contribution in [0.15, 0.2) is 18.3 Å². The normalized spacial score (nSPS) is 17.0. The molecule has 17 heavy (non-hydrogen) atoms. The average Bonchev–Trinajstić information content (AvgIpc) is 2.40. The molecule has 0 spiro atoms. The van der Waals surface area contributed by atoms with Gasteiger partial charge < -0.3 is 10.2 Å². The van der Waals surface area contributed by atoms with Crippen molar-refractivity contribution in [3.63, 3.8) is 0 Å². The van der Waals surface area contributed by atoms with E-state index in [4.69, 9.17) is 10.6 Å². The molecule has 4 heteroatoms. The first kappa shape index (κ1) is 12.3. The van der Waals surface area contributed by atoms with Crippen molar-refractivity contribution in [1.29, 1.82) is 0 Å². The third-order valence-corrected chi connectivity index (χ3v) is 3.36. The zero-order valence-electron chi connectivity index (χ0n) is 10.2. The number of hydrogen-bond acceptors (Lipinski definition) is 4. The lowest BCUT2D eigenvalue weighted by atomic mass is 9.90. The van der Waals surface area contributed by atoms with Crippen molar-refractivity contribution in [3.05, 3.63) is 23.9 Å². The van der Waals surface area contributed by atoms with Crippen molar-refractivity contribution in [2.45, 2.75) is 38.7 Å². The lowest BCUT2D eigenvalue weighted by Gasteiger charge is -2.21. The smallest absolute Gasteiger partial charge is 0.145 e. The van der Waals surface area contributed by atoms with Crippen LogP contribution in [-0.4, -0.2) is 11.6 Å². The molecule has 1 heterocycles. The minimum absolute atomic E-state index is 0.587. The van der Waals surface area contributed by atoms with Gasteiger partial charge in [-0.15, -0.1) is 0 Å². The molecule has 4 nitrogen and oxygen atoms in total. The fraction of sp³-hybridized carbons (Fsp3) is 0.615. The summed E-state index contributed by atoms with van der Waals surface area (Å²) in [5, 5.41) is 0. The highest BCUT2D eigenvalue weighted by atomic mass is 16.5. The molecule has 1 saturated carbocycles. The average molecular weight is 235 g/mol. The van der Waals surface area contributed by atoms with Crippen LogP contribution in [0.25, 0.3) is 0 Å². The number of rotatable bonds is 5. The van der Waals surface area contributed by atoms with Crippen molar-refractivity contribution in [1.82, 2.24) is 4.98 Å². The van der Waals surface area contributed by atoms with Gasteiger partial charge in [0.05, 0.1) is 6.61 Å². The topological polar surface area (TPSA) is 60.2 Å². The molecule has 1 aromatic rings. The van der Waals surface area contributed by atoms with E-state index < -0.39 is 0 Å². The molecule has 3 N–H and O–H groups in total. The zero-order chi connectivity index (χ0) is 11.9. The highest BCUT2D eigenvalue weighted by Crippen LogP contribution is 2.24. The van der Waals surface area contributed by atoms with Gasteiger partial charge in [0, 0.05) is 18.4 Å². The molecule has 0 unspecified atom stereocenters. The van der Waals surface area contributed by atoms with Crippen LogP contribution in [0.1, 0.15) is 37.7 Å².